The van der Waals surface area contributed by atoms with Gasteiger partial charge in [-0.05, 0) is 69.7 Å². The summed E-state index contributed by atoms with van der Waals surface area (Å²) in [7, 11) is 1.67. The normalized spacial score (nSPS) is 23.9. The quantitative estimate of drug-likeness (QED) is 0.693. The van der Waals surface area contributed by atoms with Gasteiger partial charge in [-0.3, -0.25) is 4.79 Å². The number of benzene rings is 1. The fourth-order valence-electron chi connectivity index (χ4n) is 4.64. The van der Waals surface area contributed by atoms with Gasteiger partial charge >= 0.3 is 0 Å². The Balaban J connectivity index is 0.00000240. The summed E-state index contributed by atoms with van der Waals surface area (Å²) in [5.74, 6) is 1.52. The minimum absolute atomic E-state index is 0. The predicted molar refractivity (Wildman–Crippen MR) is 120 cm³/mol. The van der Waals surface area contributed by atoms with E-state index in [1.807, 2.05) is 31.2 Å². The lowest BCUT2D eigenvalue weighted by atomic mass is 9.89. The van der Waals surface area contributed by atoms with E-state index < -0.39 is 0 Å². The summed E-state index contributed by atoms with van der Waals surface area (Å²) in [4.78, 5) is 18.5. The average molecular weight is 436 g/mol. The second-order valence-corrected chi connectivity index (χ2v) is 9.20. The van der Waals surface area contributed by atoms with Crippen molar-refractivity contribution in [1.82, 2.24) is 15.6 Å². The molecule has 2 bridgehead atoms. The van der Waals surface area contributed by atoms with E-state index in [1.54, 1.807) is 18.4 Å². The zero-order chi connectivity index (χ0) is 19.7. The molecule has 1 aromatic heterocycles. The Morgan fingerprint density at radius 1 is 1.28 bits per heavy atom. The number of hydrogen-bond acceptors (Lipinski definition) is 5. The number of amides is 1. The number of aryl methyl sites for hydroxylation is 1. The SMILES string of the molecule is COc1ccc(-c2nc(C)c(C(C)NC(=O)CC3CC4CCC(C3)N4)s2)cc1.Cl. The van der Waals surface area contributed by atoms with Gasteiger partial charge in [0, 0.05) is 24.1 Å². The van der Waals surface area contributed by atoms with Crippen molar-refractivity contribution in [3.63, 3.8) is 0 Å². The van der Waals surface area contributed by atoms with E-state index in [1.165, 1.54) is 12.8 Å². The highest BCUT2D eigenvalue weighted by atomic mass is 35.5. The summed E-state index contributed by atoms with van der Waals surface area (Å²) in [6.07, 6.45) is 5.46. The zero-order valence-corrected chi connectivity index (χ0v) is 18.9. The number of thiazole rings is 1. The van der Waals surface area contributed by atoms with Crippen LogP contribution in [0.4, 0.5) is 0 Å². The van der Waals surface area contributed by atoms with Crippen molar-refractivity contribution in [2.75, 3.05) is 7.11 Å². The Morgan fingerprint density at radius 3 is 2.55 bits per heavy atom. The third-order valence-corrected chi connectivity index (χ3v) is 7.37. The molecule has 7 heteroatoms. The van der Waals surface area contributed by atoms with Crippen LogP contribution in [0.2, 0.25) is 0 Å². The van der Waals surface area contributed by atoms with Crippen LogP contribution in [-0.2, 0) is 4.79 Å². The van der Waals surface area contributed by atoms with Crippen molar-refractivity contribution >= 4 is 29.7 Å². The van der Waals surface area contributed by atoms with Crippen LogP contribution < -0.4 is 15.4 Å². The average Bonchev–Trinajstić information content (AvgIpc) is 3.23. The third kappa shape index (κ3) is 5.11. The van der Waals surface area contributed by atoms with Gasteiger partial charge in [0.05, 0.1) is 23.7 Å². The molecule has 4 rings (SSSR count). The van der Waals surface area contributed by atoms with Crippen LogP contribution in [0.15, 0.2) is 24.3 Å². The molecule has 0 radical (unpaired) electrons. The molecule has 3 heterocycles. The summed E-state index contributed by atoms with van der Waals surface area (Å²) < 4.78 is 5.23. The minimum Gasteiger partial charge on any atom is -0.497 e. The van der Waals surface area contributed by atoms with Crippen LogP contribution in [-0.4, -0.2) is 30.1 Å². The number of methoxy groups -OCH3 is 1. The maximum absolute atomic E-state index is 12.6. The fourth-order valence-corrected chi connectivity index (χ4v) is 5.71. The van der Waals surface area contributed by atoms with Crippen LogP contribution in [0.25, 0.3) is 10.6 Å². The summed E-state index contributed by atoms with van der Waals surface area (Å²) in [5.41, 5.74) is 2.06. The Bertz CT molecular complexity index is 827. The van der Waals surface area contributed by atoms with Gasteiger partial charge in [0.1, 0.15) is 10.8 Å². The molecule has 3 unspecified atom stereocenters. The molecule has 2 aliphatic heterocycles. The number of ether oxygens (including phenoxy) is 1. The monoisotopic (exact) mass is 435 g/mol. The molecule has 158 valence electrons. The maximum Gasteiger partial charge on any atom is 0.220 e. The van der Waals surface area contributed by atoms with Crippen molar-refractivity contribution < 1.29 is 9.53 Å². The fraction of sp³-hybridized carbons (Fsp3) is 0.545. The molecule has 0 aliphatic carbocycles. The van der Waals surface area contributed by atoms with Crippen LogP contribution in [0.5, 0.6) is 5.75 Å². The van der Waals surface area contributed by atoms with Gasteiger partial charge in [-0.1, -0.05) is 0 Å². The molecule has 29 heavy (non-hydrogen) atoms. The number of carbonyl (C=O) groups is 1. The van der Waals surface area contributed by atoms with Crippen molar-refractivity contribution in [3.05, 3.63) is 34.8 Å². The smallest absolute Gasteiger partial charge is 0.220 e. The Labute approximate surface area is 183 Å². The molecule has 2 N–H and O–H groups in total. The second-order valence-electron chi connectivity index (χ2n) is 8.17. The molecule has 0 spiro atoms. The van der Waals surface area contributed by atoms with Crippen LogP contribution in [0.1, 0.15) is 55.6 Å². The van der Waals surface area contributed by atoms with Gasteiger partial charge in [-0.15, -0.1) is 23.7 Å². The molecule has 1 aromatic carbocycles. The lowest BCUT2D eigenvalue weighted by Gasteiger charge is -2.29. The van der Waals surface area contributed by atoms with Crippen LogP contribution >= 0.6 is 23.7 Å². The van der Waals surface area contributed by atoms with E-state index in [0.29, 0.717) is 24.4 Å². The Hall–Kier alpha value is -1.63. The molecule has 2 fully saturated rings. The Morgan fingerprint density at radius 2 is 1.93 bits per heavy atom. The molecule has 3 atom stereocenters. The van der Waals surface area contributed by atoms with E-state index in [4.69, 9.17) is 9.72 Å². The van der Waals surface area contributed by atoms with Crippen LogP contribution in [0.3, 0.4) is 0 Å². The highest BCUT2D eigenvalue weighted by Crippen LogP contribution is 2.34. The van der Waals surface area contributed by atoms with Crippen LogP contribution in [0, 0.1) is 12.8 Å². The van der Waals surface area contributed by atoms with E-state index in [-0.39, 0.29) is 24.4 Å². The molecule has 0 saturated carbocycles. The number of fused-ring (bicyclic) bond motifs is 2. The number of nitrogens with one attached hydrogen (secondary N) is 2. The summed E-state index contributed by atoms with van der Waals surface area (Å²) in [6, 6.07) is 9.18. The van der Waals surface area contributed by atoms with Crippen molar-refractivity contribution in [2.45, 2.75) is 64.1 Å². The summed E-state index contributed by atoms with van der Waals surface area (Å²) in [6.45, 7) is 4.08. The van der Waals surface area contributed by atoms with Crippen molar-refractivity contribution in [3.8, 4) is 16.3 Å². The van der Waals surface area contributed by atoms with Gasteiger partial charge in [-0.25, -0.2) is 4.98 Å². The lowest BCUT2D eigenvalue weighted by Crippen LogP contribution is -2.40. The largest absolute Gasteiger partial charge is 0.497 e. The highest BCUT2D eigenvalue weighted by molar-refractivity contribution is 7.15. The number of nitrogens with zero attached hydrogens (tertiary/aromatic N) is 1. The Kier molecular flexibility index (Phi) is 7.19. The molecule has 2 saturated heterocycles. The van der Waals surface area contributed by atoms with Gasteiger partial charge in [-0.2, -0.15) is 0 Å². The van der Waals surface area contributed by atoms with Gasteiger partial charge in [0.15, 0.2) is 0 Å². The molecule has 1 amide bonds. The zero-order valence-electron chi connectivity index (χ0n) is 17.2. The highest BCUT2D eigenvalue weighted by Gasteiger charge is 2.34. The van der Waals surface area contributed by atoms with Gasteiger partial charge in [0.25, 0.3) is 0 Å². The van der Waals surface area contributed by atoms with E-state index in [9.17, 15) is 4.79 Å². The summed E-state index contributed by atoms with van der Waals surface area (Å²) >= 11 is 1.66. The first-order chi connectivity index (χ1) is 13.5. The molecule has 2 aliphatic rings. The van der Waals surface area contributed by atoms with E-state index in [0.717, 1.165) is 39.7 Å². The van der Waals surface area contributed by atoms with E-state index >= 15 is 0 Å². The standard InChI is InChI=1S/C22H29N3O2S.ClH/c1-13(23-20(26)12-15-10-17-6-7-18(11-15)25-17)21-14(2)24-22(28-21)16-4-8-19(27-3)9-5-16;/h4-5,8-9,13,15,17-18,25H,6-7,10-12H2,1-3H3,(H,23,26);1H. The predicted octanol–water partition coefficient (Wildman–Crippen LogP) is 4.65. The first-order valence-electron chi connectivity index (χ1n) is 10.2. The minimum atomic E-state index is -0.0181. The molecular weight excluding hydrogens is 406 g/mol. The number of hydrogen-bond donors (Lipinski definition) is 2. The maximum atomic E-state index is 12.6. The molecule has 2 aromatic rings. The van der Waals surface area contributed by atoms with E-state index in [2.05, 4.69) is 17.6 Å². The number of halogens is 1. The number of aromatic nitrogens is 1. The first-order valence-corrected chi connectivity index (χ1v) is 11.0. The number of rotatable bonds is 6. The lowest BCUT2D eigenvalue weighted by molar-refractivity contribution is -0.122. The molecular formula is C22H30ClN3O2S. The first kappa shape index (κ1) is 22.1. The topological polar surface area (TPSA) is 63.2 Å². The summed E-state index contributed by atoms with van der Waals surface area (Å²) in [5, 5.41) is 7.83. The third-order valence-electron chi connectivity index (χ3n) is 5.98. The van der Waals surface area contributed by atoms with Gasteiger partial charge in [0.2, 0.25) is 5.91 Å². The number of piperidine rings is 1. The van der Waals surface area contributed by atoms with Crippen molar-refractivity contribution in [2.24, 2.45) is 5.92 Å². The second kappa shape index (κ2) is 9.45. The number of carbonyl (C=O) groups excluding carboxylic acids is 1. The molecule has 5 nitrogen and oxygen atoms in total. The van der Waals surface area contributed by atoms with Gasteiger partial charge < -0.3 is 15.4 Å². The van der Waals surface area contributed by atoms with Crippen molar-refractivity contribution in [1.29, 1.82) is 0 Å².